The molecule has 1 saturated heterocycles. The first kappa shape index (κ1) is 14.2. The molecule has 19 heavy (non-hydrogen) atoms. The third kappa shape index (κ3) is 3.01. The van der Waals surface area contributed by atoms with Gasteiger partial charge in [-0.1, -0.05) is 26.2 Å². The average Bonchev–Trinajstić information content (AvgIpc) is 2.88. The van der Waals surface area contributed by atoms with Crippen LogP contribution in [0.5, 0.6) is 0 Å². The van der Waals surface area contributed by atoms with Crippen molar-refractivity contribution < 1.29 is 14.7 Å². The van der Waals surface area contributed by atoms with Crippen molar-refractivity contribution in [1.29, 1.82) is 0 Å². The van der Waals surface area contributed by atoms with Gasteiger partial charge in [0.05, 0.1) is 0 Å². The molecular formula is C14H24N2O3. The summed E-state index contributed by atoms with van der Waals surface area (Å²) in [5.41, 5.74) is -1.02. The van der Waals surface area contributed by atoms with Crippen molar-refractivity contribution >= 4 is 12.0 Å². The summed E-state index contributed by atoms with van der Waals surface area (Å²) in [5.74, 6) is -0.175. The monoisotopic (exact) mass is 268 g/mol. The molecule has 108 valence electrons. The van der Waals surface area contributed by atoms with E-state index >= 15 is 0 Å². The Bertz CT molecular complexity index is 343. The van der Waals surface area contributed by atoms with Crippen LogP contribution in [0.25, 0.3) is 0 Å². The topological polar surface area (TPSA) is 69.6 Å². The molecule has 2 aliphatic rings. The molecule has 0 aromatic heterocycles. The maximum absolute atomic E-state index is 12.2. The van der Waals surface area contributed by atoms with Crippen molar-refractivity contribution in [1.82, 2.24) is 10.2 Å². The number of carbonyl (C=O) groups is 2. The molecule has 0 aromatic rings. The average molecular weight is 268 g/mol. The van der Waals surface area contributed by atoms with E-state index in [0.717, 1.165) is 45.2 Å². The fourth-order valence-electron chi connectivity index (χ4n) is 3.20. The van der Waals surface area contributed by atoms with Crippen LogP contribution >= 0.6 is 0 Å². The molecule has 2 fully saturated rings. The number of hydrogen-bond acceptors (Lipinski definition) is 2. The van der Waals surface area contributed by atoms with Crippen LogP contribution in [0.3, 0.4) is 0 Å². The van der Waals surface area contributed by atoms with Crippen LogP contribution in [-0.2, 0) is 4.79 Å². The highest BCUT2D eigenvalue weighted by Crippen LogP contribution is 2.30. The number of piperidine rings is 1. The van der Waals surface area contributed by atoms with Gasteiger partial charge in [0.2, 0.25) is 0 Å². The van der Waals surface area contributed by atoms with Crippen molar-refractivity contribution in [3.05, 3.63) is 0 Å². The predicted molar refractivity (Wildman–Crippen MR) is 72.0 cm³/mol. The van der Waals surface area contributed by atoms with E-state index in [1.54, 1.807) is 4.90 Å². The minimum absolute atomic E-state index is 0.196. The zero-order valence-corrected chi connectivity index (χ0v) is 11.7. The van der Waals surface area contributed by atoms with Crippen molar-refractivity contribution in [2.24, 2.45) is 5.92 Å². The van der Waals surface area contributed by atoms with Gasteiger partial charge < -0.3 is 15.3 Å². The summed E-state index contributed by atoms with van der Waals surface area (Å²) < 4.78 is 0. The summed E-state index contributed by atoms with van der Waals surface area (Å²) >= 11 is 0. The van der Waals surface area contributed by atoms with E-state index in [4.69, 9.17) is 0 Å². The van der Waals surface area contributed by atoms with E-state index in [2.05, 4.69) is 12.2 Å². The molecule has 2 rings (SSSR count). The fraction of sp³-hybridized carbons (Fsp3) is 0.857. The van der Waals surface area contributed by atoms with Crippen molar-refractivity contribution in [3.8, 4) is 0 Å². The predicted octanol–water partition coefficient (Wildman–Crippen LogP) is 2.22. The minimum atomic E-state index is -1.02. The van der Waals surface area contributed by atoms with E-state index in [0.29, 0.717) is 18.8 Å². The first-order chi connectivity index (χ1) is 9.07. The Morgan fingerprint density at radius 1 is 1.26 bits per heavy atom. The van der Waals surface area contributed by atoms with Crippen molar-refractivity contribution in [2.75, 3.05) is 13.1 Å². The van der Waals surface area contributed by atoms with Gasteiger partial charge in [-0.15, -0.1) is 0 Å². The second-order valence-corrected chi connectivity index (χ2v) is 5.86. The van der Waals surface area contributed by atoms with Crippen LogP contribution in [0.1, 0.15) is 51.9 Å². The van der Waals surface area contributed by atoms with Gasteiger partial charge in [0.25, 0.3) is 0 Å². The quantitative estimate of drug-likeness (QED) is 0.824. The molecule has 1 aliphatic heterocycles. The number of nitrogens with zero attached hydrogens (tertiary/aromatic N) is 1. The van der Waals surface area contributed by atoms with Crippen molar-refractivity contribution in [2.45, 2.75) is 57.4 Å². The number of rotatable bonds is 3. The number of amides is 2. The number of aliphatic carboxylic acids is 1. The van der Waals surface area contributed by atoms with Gasteiger partial charge in [0, 0.05) is 13.1 Å². The molecular weight excluding hydrogens is 244 g/mol. The highest BCUT2D eigenvalue weighted by Gasteiger charge is 2.43. The Kier molecular flexibility index (Phi) is 4.32. The van der Waals surface area contributed by atoms with Gasteiger partial charge in [0.1, 0.15) is 5.54 Å². The van der Waals surface area contributed by atoms with E-state index in [9.17, 15) is 14.7 Å². The van der Waals surface area contributed by atoms with Crippen LogP contribution in [0.2, 0.25) is 0 Å². The Hall–Kier alpha value is -1.26. The maximum atomic E-state index is 12.2. The molecule has 0 atom stereocenters. The van der Waals surface area contributed by atoms with Gasteiger partial charge in [-0.3, -0.25) is 0 Å². The molecule has 0 aromatic carbocycles. The highest BCUT2D eigenvalue weighted by atomic mass is 16.4. The lowest BCUT2D eigenvalue weighted by Crippen LogP contribution is -2.57. The highest BCUT2D eigenvalue weighted by molar-refractivity contribution is 5.86. The van der Waals surface area contributed by atoms with Gasteiger partial charge in [-0.05, 0) is 31.6 Å². The summed E-state index contributed by atoms with van der Waals surface area (Å²) in [6, 6.07) is -0.196. The normalized spacial score (nSPS) is 23.3. The first-order valence-electron chi connectivity index (χ1n) is 7.38. The minimum Gasteiger partial charge on any atom is -0.480 e. The lowest BCUT2D eigenvalue weighted by atomic mass is 9.94. The molecule has 5 nitrogen and oxygen atoms in total. The smallest absolute Gasteiger partial charge is 0.329 e. The largest absolute Gasteiger partial charge is 0.480 e. The van der Waals surface area contributed by atoms with Crippen LogP contribution in [0.15, 0.2) is 0 Å². The number of urea groups is 1. The van der Waals surface area contributed by atoms with Crippen LogP contribution in [-0.4, -0.2) is 40.6 Å². The molecule has 1 saturated carbocycles. The lowest BCUT2D eigenvalue weighted by molar-refractivity contribution is -0.144. The third-order valence-corrected chi connectivity index (χ3v) is 4.69. The molecule has 0 bridgehead atoms. The Labute approximate surface area is 114 Å². The molecule has 0 unspecified atom stereocenters. The first-order valence-corrected chi connectivity index (χ1v) is 7.38. The van der Waals surface area contributed by atoms with Crippen LogP contribution in [0, 0.1) is 5.92 Å². The van der Waals surface area contributed by atoms with E-state index in [1.165, 1.54) is 0 Å². The Morgan fingerprint density at radius 2 is 1.84 bits per heavy atom. The SMILES string of the molecule is CCC1CCN(C(=O)NC2(C(=O)O)CCCC2)CC1. The third-order valence-electron chi connectivity index (χ3n) is 4.69. The molecule has 2 amide bonds. The summed E-state index contributed by atoms with van der Waals surface area (Å²) in [7, 11) is 0. The maximum Gasteiger partial charge on any atom is 0.329 e. The van der Waals surface area contributed by atoms with E-state index in [-0.39, 0.29) is 6.03 Å². The van der Waals surface area contributed by atoms with Crippen molar-refractivity contribution in [3.63, 3.8) is 0 Å². The lowest BCUT2D eigenvalue weighted by Gasteiger charge is -2.34. The Balaban J connectivity index is 1.92. The molecule has 0 radical (unpaired) electrons. The zero-order valence-electron chi connectivity index (χ0n) is 11.7. The van der Waals surface area contributed by atoms with Crippen LogP contribution in [0.4, 0.5) is 4.79 Å². The molecule has 2 N–H and O–H groups in total. The molecule has 5 heteroatoms. The summed E-state index contributed by atoms with van der Waals surface area (Å²) in [4.78, 5) is 25.4. The fourth-order valence-corrected chi connectivity index (χ4v) is 3.20. The van der Waals surface area contributed by atoms with Gasteiger partial charge >= 0.3 is 12.0 Å². The van der Waals surface area contributed by atoms with E-state index < -0.39 is 11.5 Å². The second-order valence-electron chi connectivity index (χ2n) is 5.86. The van der Waals surface area contributed by atoms with Gasteiger partial charge in [-0.25, -0.2) is 9.59 Å². The number of carboxylic acids is 1. The van der Waals surface area contributed by atoms with Gasteiger partial charge in [0.15, 0.2) is 0 Å². The van der Waals surface area contributed by atoms with Crippen LogP contribution < -0.4 is 5.32 Å². The number of hydrogen-bond donors (Lipinski definition) is 2. The van der Waals surface area contributed by atoms with E-state index in [1.807, 2.05) is 0 Å². The summed E-state index contributed by atoms with van der Waals surface area (Å²) in [6.07, 6.45) is 6.09. The molecule has 1 heterocycles. The standard InChI is InChI=1S/C14H24N2O3/c1-2-11-5-9-16(10-6-11)13(19)15-14(12(17)18)7-3-4-8-14/h11H,2-10H2,1H3,(H,15,19)(H,17,18). The summed E-state index contributed by atoms with van der Waals surface area (Å²) in [5, 5.41) is 12.1. The molecule has 1 aliphatic carbocycles. The van der Waals surface area contributed by atoms with Gasteiger partial charge in [-0.2, -0.15) is 0 Å². The summed E-state index contributed by atoms with van der Waals surface area (Å²) in [6.45, 7) is 3.68. The second kappa shape index (κ2) is 5.80. The number of carbonyl (C=O) groups excluding carboxylic acids is 1. The zero-order chi connectivity index (χ0) is 13.9. The number of nitrogens with one attached hydrogen (secondary N) is 1. The number of likely N-dealkylation sites (tertiary alicyclic amines) is 1. The Morgan fingerprint density at radius 3 is 2.32 bits per heavy atom. The molecule has 0 spiro atoms. The number of carboxylic acid groups (broad SMARTS) is 1.